The molecule has 4 aromatic heterocycles. The Morgan fingerprint density at radius 2 is 1.16 bits per heavy atom. The number of rotatable bonds is 10. The summed E-state index contributed by atoms with van der Waals surface area (Å²) in [6.45, 7) is 7.48. The van der Waals surface area contributed by atoms with Crippen LogP contribution in [0.3, 0.4) is 0 Å². The second-order valence-electron chi connectivity index (χ2n) is 14.9. The number of nitrogens with two attached hydrogens (primary N) is 3. The van der Waals surface area contributed by atoms with Gasteiger partial charge in [0.15, 0.2) is 0 Å². The topological polar surface area (TPSA) is 167 Å². The normalized spacial score (nSPS) is 15.3. The minimum Gasteiger partial charge on any atom is -0.492 e. The zero-order valence-electron chi connectivity index (χ0n) is 33.0. The molecule has 2 saturated heterocycles. The Kier molecular flexibility index (Phi) is 15.1. The Hall–Kier alpha value is -5.27. The van der Waals surface area contributed by atoms with E-state index in [1.54, 1.807) is 30.9 Å². The summed E-state index contributed by atoms with van der Waals surface area (Å²) in [6.07, 6.45) is 11.8. The highest BCUT2D eigenvalue weighted by Crippen LogP contribution is 2.23. The van der Waals surface area contributed by atoms with Crippen LogP contribution in [0.25, 0.3) is 21.5 Å². The molecular formula is C44H55ClN10O2. The molecule has 0 unspecified atom stereocenters. The average molecular weight is 791 g/mol. The summed E-state index contributed by atoms with van der Waals surface area (Å²) in [6, 6.07) is 23.6. The molecule has 0 saturated carbocycles. The fourth-order valence-electron chi connectivity index (χ4n) is 6.83. The molecule has 2 aromatic carbocycles. The lowest BCUT2D eigenvalue weighted by molar-refractivity contribution is 0.160. The number of benzene rings is 2. The van der Waals surface area contributed by atoms with E-state index in [9.17, 15) is 0 Å². The lowest BCUT2D eigenvalue weighted by atomic mass is 9.98. The molecule has 2 aliphatic rings. The van der Waals surface area contributed by atoms with Crippen LogP contribution in [0.1, 0.15) is 36.8 Å². The number of likely N-dealkylation sites (tertiary alicyclic amines) is 2. The van der Waals surface area contributed by atoms with Gasteiger partial charge < -0.3 is 41.8 Å². The summed E-state index contributed by atoms with van der Waals surface area (Å²) < 4.78 is 11.6. The maximum atomic E-state index is 5.93. The molecular weight excluding hydrogens is 736 g/mol. The van der Waals surface area contributed by atoms with Gasteiger partial charge in [-0.3, -0.25) is 0 Å². The van der Waals surface area contributed by atoms with Crippen LogP contribution in [-0.4, -0.2) is 83.2 Å². The second-order valence-corrected chi connectivity index (χ2v) is 15.3. The number of pyridine rings is 4. The van der Waals surface area contributed by atoms with Crippen molar-refractivity contribution in [1.29, 1.82) is 0 Å². The number of nitrogens with one attached hydrogen (secondary N) is 1. The first-order chi connectivity index (χ1) is 27.7. The number of anilines is 3. The summed E-state index contributed by atoms with van der Waals surface area (Å²) in [7, 11) is 4.34. The number of piperidine rings is 2. The molecule has 13 heteroatoms. The molecule has 7 N–H and O–H groups in total. The molecule has 12 nitrogen and oxygen atoms in total. The van der Waals surface area contributed by atoms with Crippen LogP contribution >= 0.6 is 11.6 Å². The largest absolute Gasteiger partial charge is 0.492 e. The van der Waals surface area contributed by atoms with Crippen LogP contribution in [0.15, 0.2) is 97.6 Å². The van der Waals surface area contributed by atoms with Gasteiger partial charge in [-0.05, 0) is 148 Å². The molecule has 0 amide bonds. The van der Waals surface area contributed by atoms with Crippen molar-refractivity contribution in [1.82, 2.24) is 29.7 Å². The molecule has 0 bridgehead atoms. The van der Waals surface area contributed by atoms with Gasteiger partial charge in [-0.25, -0.2) is 19.9 Å². The van der Waals surface area contributed by atoms with E-state index in [2.05, 4.69) is 61.3 Å². The molecule has 0 radical (unpaired) electrons. The highest BCUT2D eigenvalue weighted by atomic mass is 35.5. The van der Waals surface area contributed by atoms with Gasteiger partial charge in [0.1, 0.15) is 34.1 Å². The maximum absolute atomic E-state index is 5.93. The highest BCUT2D eigenvalue weighted by molar-refractivity contribution is 6.29. The molecule has 0 atom stereocenters. The number of nitrogens with zero attached hydrogens (tertiary/aromatic N) is 6. The first-order valence-corrected chi connectivity index (χ1v) is 20.0. The highest BCUT2D eigenvalue weighted by Gasteiger charge is 2.18. The standard InChI is InChI=1S/C22H27N5O.C12H17ClN2O.C10H11N3/c1-27-10-7-16(8-11-27)15-28-19-3-5-21(26-14-19)25-13-17-2-4-20-18(12-17)6-9-24-22(20)23;1-15-6-4-10(5-7-15)9-16-11-2-3-12(13)14-8-11;11-6-7-1-2-9-8(5-7)3-4-13-10(9)12/h2-6,9,12,14,16H,7-8,10-11,13,15H2,1H3,(H2,23,24)(H,25,26);2-3,8,10H,4-7,9H2,1H3;1-5H,6,11H2,(H2,12,13). The number of fused-ring (bicyclic) bond motifs is 2. The van der Waals surface area contributed by atoms with Gasteiger partial charge >= 0.3 is 0 Å². The van der Waals surface area contributed by atoms with Gasteiger partial charge in [0.2, 0.25) is 0 Å². The predicted molar refractivity (Wildman–Crippen MR) is 232 cm³/mol. The van der Waals surface area contributed by atoms with E-state index >= 15 is 0 Å². The fraction of sp³-hybridized carbons (Fsp3) is 0.364. The van der Waals surface area contributed by atoms with E-state index in [0.29, 0.717) is 41.7 Å². The van der Waals surface area contributed by atoms with Crippen molar-refractivity contribution in [3.63, 3.8) is 0 Å². The molecule has 2 fully saturated rings. The van der Waals surface area contributed by atoms with E-state index in [1.165, 1.54) is 44.3 Å². The molecule has 57 heavy (non-hydrogen) atoms. The maximum Gasteiger partial charge on any atom is 0.137 e. The quantitative estimate of drug-likeness (QED) is 0.103. The Morgan fingerprint density at radius 3 is 1.65 bits per heavy atom. The summed E-state index contributed by atoms with van der Waals surface area (Å²) in [4.78, 5) is 21.3. The lowest BCUT2D eigenvalue weighted by Crippen LogP contribution is -2.32. The summed E-state index contributed by atoms with van der Waals surface area (Å²) >= 11 is 5.70. The van der Waals surface area contributed by atoms with E-state index in [-0.39, 0.29) is 0 Å². The predicted octanol–water partition coefficient (Wildman–Crippen LogP) is 7.28. The first-order valence-electron chi connectivity index (χ1n) is 19.6. The van der Waals surface area contributed by atoms with E-state index in [1.807, 2.05) is 54.6 Å². The van der Waals surface area contributed by atoms with Crippen LogP contribution < -0.4 is 32.0 Å². The lowest BCUT2D eigenvalue weighted by Gasteiger charge is -2.28. The number of ether oxygens (including phenoxy) is 2. The van der Waals surface area contributed by atoms with Crippen LogP contribution in [-0.2, 0) is 13.1 Å². The number of hydrogen-bond donors (Lipinski definition) is 4. The van der Waals surface area contributed by atoms with Gasteiger partial charge in [0, 0.05) is 36.3 Å². The molecule has 6 aromatic rings. The third-order valence-corrected chi connectivity index (χ3v) is 10.7. The van der Waals surface area contributed by atoms with Crippen molar-refractivity contribution in [2.75, 3.05) is 70.3 Å². The number of aromatic nitrogens is 4. The van der Waals surface area contributed by atoms with Crippen LogP contribution in [0, 0.1) is 11.8 Å². The van der Waals surface area contributed by atoms with Crippen molar-refractivity contribution >= 4 is 50.6 Å². The van der Waals surface area contributed by atoms with Gasteiger partial charge in [-0.2, -0.15) is 0 Å². The van der Waals surface area contributed by atoms with Crippen LogP contribution in [0.5, 0.6) is 11.5 Å². The Bertz CT molecular complexity index is 2140. The van der Waals surface area contributed by atoms with Gasteiger partial charge in [0.25, 0.3) is 0 Å². The number of halogens is 1. The SMILES string of the molecule is CN1CCC(COc2ccc(Cl)nc2)CC1.CN1CCC(COc2ccc(NCc3ccc4c(N)nccc4c3)nc2)CC1.NCc1ccc2c(N)nccc2c1. The summed E-state index contributed by atoms with van der Waals surface area (Å²) in [5.74, 6) is 4.93. The summed E-state index contributed by atoms with van der Waals surface area (Å²) in [5.41, 5.74) is 19.4. The van der Waals surface area contributed by atoms with E-state index < -0.39 is 0 Å². The summed E-state index contributed by atoms with van der Waals surface area (Å²) in [5, 5.41) is 8.02. The monoisotopic (exact) mass is 790 g/mol. The molecule has 8 rings (SSSR count). The van der Waals surface area contributed by atoms with Crippen molar-refractivity contribution in [2.45, 2.75) is 38.8 Å². The van der Waals surface area contributed by atoms with Crippen molar-refractivity contribution < 1.29 is 9.47 Å². The minimum atomic E-state index is 0.506. The van der Waals surface area contributed by atoms with Gasteiger partial charge in [-0.15, -0.1) is 0 Å². The second kappa shape index (κ2) is 20.8. The van der Waals surface area contributed by atoms with Gasteiger partial charge in [-0.1, -0.05) is 35.9 Å². The van der Waals surface area contributed by atoms with Crippen molar-refractivity contribution in [3.05, 3.63) is 114 Å². The Balaban J connectivity index is 0.000000160. The molecule has 300 valence electrons. The fourth-order valence-corrected chi connectivity index (χ4v) is 6.95. The van der Waals surface area contributed by atoms with E-state index in [0.717, 1.165) is 70.7 Å². The number of nitrogen functional groups attached to an aromatic ring is 2. The Labute approximate surface area is 340 Å². The zero-order chi connectivity index (χ0) is 40.0. The minimum absolute atomic E-state index is 0.506. The Morgan fingerprint density at radius 1 is 0.649 bits per heavy atom. The third-order valence-electron chi connectivity index (χ3n) is 10.5. The molecule has 6 heterocycles. The van der Waals surface area contributed by atoms with Crippen LogP contribution in [0.2, 0.25) is 5.15 Å². The zero-order valence-corrected chi connectivity index (χ0v) is 33.7. The first kappa shape index (κ1) is 41.4. The molecule has 2 aliphatic heterocycles. The smallest absolute Gasteiger partial charge is 0.137 e. The van der Waals surface area contributed by atoms with Crippen molar-refractivity contribution in [2.24, 2.45) is 17.6 Å². The average Bonchev–Trinajstić information content (AvgIpc) is 3.24. The molecule has 0 aliphatic carbocycles. The van der Waals surface area contributed by atoms with Crippen molar-refractivity contribution in [3.8, 4) is 11.5 Å². The third kappa shape index (κ3) is 12.6. The van der Waals surface area contributed by atoms with Gasteiger partial charge in [0.05, 0.1) is 25.6 Å². The molecule has 0 spiro atoms. The number of hydrogen-bond acceptors (Lipinski definition) is 12. The van der Waals surface area contributed by atoms with Crippen LogP contribution in [0.4, 0.5) is 17.5 Å². The van der Waals surface area contributed by atoms with E-state index in [4.69, 9.17) is 38.3 Å².